The highest BCUT2D eigenvalue weighted by Crippen LogP contribution is 2.41. The summed E-state index contributed by atoms with van der Waals surface area (Å²) in [5.41, 5.74) is -0.669. The summed E-state index contributed by atoms with van der Waals surface area (Å²) >= 11 is 0. The van der Waals surface area contributed by atoms with Crippen molar-refractivity contribution in [2.24, 2.45) is 5.90 Å². The second kappa shape index (κ2) is 5.83. The van der Waals surface area contributed by atoms with Crippen molar-refractivity contribution in [1.29, 1.82) is 0 Å². The predicted octanol–water partition coefficient (Wildman–Crippen LogP) is 3.78. The minimum atomic E-state index is -4.49. The van der Waals surface area contributed by atoms with Gasteiger partial charge in [0.25, 0.3) is 0 Å². The molecule has 1 aliphatic rings. The highest BCUT2D eigenvalue weighted by Gasteiger charge is 2.36. The minimum absolute atomic E-state index is 0.0941. The molecule has 2 rings (SSSR count). The molecule has 3 nitrogen and oxygen atoms in total. The summed E-state index contributed by atoms with van der Waals surface area (Å²) in [6.07, 6.45) is -0.0380. The van der Waals surface area contributed by atoms with Gasteiger partial charge >= 0.3 is 12.1 Å². The summed E-state index contributed by atoms with van der Waals surface area (Å²) in [6, 6.07) is 3.55. The fraction of sp³-hybridized carbons (Fsp3) is 0.500. The number of rotatable bonds is 2. The minimum Gasteiger partial charge on any atom is -0.370 e. The summed E-state index contributed by atoms with van der Waals surface area (Å²) in [6.45, 7) is 0. The lowest BCUT2D eigenvalue weighted by atomic mass is 9.81. The number of hydrogen-bond acceptors (Lipinski definition) is 3. The number of benzene rings is 1. The van der Waals surface area contributed by atoms with Gasteiger partial charge in [-0.1, -0.05) is 25.3 Å². The van der Waals surface area contributed by atoms with Crippen LogP contribution in [0.4, 0.5) is 13.2 Å². The maximum absolute atomic E-state index is 13.2. The number of halogens is 3. The Balaban J connectivity index is 2.42. The van der Waals surface area contributed by atoms with E-state index in [1.165, 1.54) is 12.1 Å². The summed E-state index contributed by atoms with van der Waals surface area (Å²) < 4.78 is 39.5. The Hall–Kier alpha value is -1.56. The van der Waals surface area contributed by atoms with Gasteiger partial charge in [0.2, 0.25) is 0 Å². The van der Waals surface area contributed by atoms with Crippen molar-refractivity contribution >= 4 is 5.97 Å². The number of alkyl halides is 3. The van der Waals surface area contributed by atoms with Gasteiger partial charge in [-0.05, 0) is 36.5 Å². The van der Waals surface area contributed by atoms with E-state index in [4.69, 9.17) is 5.90 Å². The standard InChI is InChI=1S/C14H16F3NO2/c15-14(16,17)12-8-10(13(19)20-18)6-7-11(12)9-4-2-1-3-5-9/h6-9H,1-5,18H2. The van der Waals surface area contributed by atoms with Gasteiger partial charge < -0.3 is 4.84 Å². The Bertz CT molecular complexity index is 494. The Labute approximate surface area is 114 Å². The second-order valence-corrected chi connectivity index (χ2v) is 5.04. The zero-order chi connectivity index (χ0) is 14.8. The van der Waals surface area contributed by atoms with Crippen LogP contribution in [0.25, 0.3) is 0 Å². The van der Waals surface area contributed by atoms with Crippen LogP contribution in [0.5, 0.6) is 0 Å². The fourth-order valence-corrected chi connectivity index (χ4v) is 2.77. The first-order valence-corrected chi connectivity index (χ1v) is 6.55. The zero-order valence-corrected chi connectivity index (χ0v) is 10.9. The molecule has 6 heteroatoms. The molecule has 0 aromatic heterocycles. The highest BCUT2D eigenvalue weighted by molar-refractivity contribution is 5.89. The molecular formula is C14H16F3NO2. The summed E-state index contributed by atoms with van der Waals surface area (Å²) in [5.74, 6) is 3.65. The second-order valence-electron chi connectivity index (χ2n) is 5.04. The molecule has 0 heterocycles. The molecule has 20 heavy (non-hydrogen) atoms. The van der Waals surface area contributed by atoms with Crippen molar-refractivity contribution in [3.05, 3.63) is 34.9 Å². The molecule has 1 aromatic carbocycles. The summed E-state index contributed by atoms with van der Waals surface area (Å²) in [7, 11) is 0. The van der Waals surface area contributed by atoms with Crippen LogP contribution in [0.2, 0.25) is 0 Å². The van der Waals surface area contributed by atoms with E-state index < -0.39 is 17.7 Å². The van der Waals surface area contributed by atoms with Gasteiger partial charge in [-0.2, -0.15) is 19.1 Å². The molecule has 0 aliphatic heterocycles. The third kappa shape index (κ3) is 3.12. The van der Waals surface area contributed by atoms with E-state index in [0.717, 1.165) is 38.2 Å². The third-order valence-corrected chi connectivity index (χ3v) is 3.75. The van der Waals surface area contributed by atoms with Crippen molar-refractivity contribution < 1.29 is 22.8 Å². The van der Waals surface area contributed by atoms with Crippen LogP contribution in [0.1, 0.15) is 59.5 Å². The first-order chi connectivity index (χ1) is 9.43. The van der Waals surface area contributed by atoms with E-state index >= 15 is 0 Å². The average molecular weight is 287 g/mol. The number of carbonyl (C=O) groups excluding carboxylic acids is 1. The first kappa shape index (κ1) is 14.8. The Morgan fingerprint density at radius 2 is 1.85 bits per heavy atom. The van der Waals surface area contributed by atoms with Gasteiger partial charge in [-0.3, -0.25) is 0 Å². The van der Waals surface area contributed by atoms with Gasteiger partial charge in [-0.25, -0.2) is 4.79 Å². The van der Waals surface area contributed by atoms with Gasteiger partial charge in [0.05, 0.1) is 11.1 Å². The molecule has 0 amide bonds. The van der Waals surface area contributed by atoms with Crippen LogP contribution in [-0.4, -0.2) is 5.97 Å². The zero-order valence-electron chi connectivity index (χ0n) is 10.9. The maximum Gasteiger partial charge on any atom is 0.416 e. The quantitative estimate of drug-likeness (QED) is 0.842. The molecule has 2 N–H and O–H groups in total. The normalized spacial score (nSPS) is 17.0. The molecule has 1 fully saturated rings. The molecule has 110 valence electrons. The molecule has 1 aliphatic carbocycles. The lowest BCUT2D eigenvalue weighted by Gasteiger charge is -2.25. The first-order valence-electron chi connectivity index (χ1n) is 6.55. The van der Waals surface area contributed by atoms with Crippen molar-refractivity contribution in [3.63, 3.8) is 0 Å². The molecule has 0 unspecified atom stereocenters. The third-order valence-electron chi connectivity index (χ3n) is 3.75. The van der Waals surface area contributed by atoms with Gasteiger partial charge in [0.1, 0.15) is 0 Å². The van der Waals surface area contributed by atoms with Crippen LogP contribution in [0.3, 0.4) is 0 Å². The molecule has 0 radical (unpaired) electrons. The van der Waals surface area contributed by atoms with Gasteiger partial charge in [0.15, 0.2) is 0 Å². The van der Waals surface area contributed by atoms with Crippen molar-refractivity contribution in [2.75, 3.05) is 0 Å². The topological polar surface area (TPSA) is 52.3 Å². The number of nitrogens with two attached hydrogens (primary N) is 1. The molecule has 0 spiro atoms. The average Bonchev–Trinajstić information content (AvgIpc) is 2.46. The van der Waals surface area contributed by atoms with Crippen molar-refractivity contribution in [1.82, 2.24) is 0 Å². The molecule has 1 saturated carbocycles. The SMILES string of the molecule is NOC(=O)c1ccc(C2CCCCC2)c(C(F)(F)F)c1. The van der Waals surface area contributed by atoms with E-state index in [0.29, 0.717) is 0 Å². The Morgan fingerprint density at radius 3 is 2.40 bits per heavy atom. The molecule has 0 atom stereocenters. The Kier molecular flexibility index (Phi) is 4.32. The maximum atomic E-state index is 13.2. The molecule has 0 bridgehead atoms. The monoisotopic (exact) mass is 287 g/mol. The van der Waals surface area contributed by atoms with Crippen molar-refractivity contribution in [3.8, 4) is 0 Å². The molecular weight excluding hydrogens is 271 g/mol. The number of hydrogen-bond donors (Lipinski definition) is 1. The van der Waals surface area contributed by atoms with Crippen LogP contribution in [0, 0.1) is 0 Å². The van der Waals surface area contributed by atoms with E-state index in [-0.39, 0.29) is 17.0 Å². The summed E-state index contributed by atoms with van der Waals surface area (Å²) in [4.78, 5) is 15.2. The van der Waals surface area contributed by atoms with Gasteiger partial charge in [0, 0.05) is 0 Å². The number of carbonyl (C=O) groups is 1. The fourth-order valence-electron chi connectivity index (χ4n) is 2.77. The van der Waals surface area contributed by atoms with Gasteiger partial charge in [-0.15, -0.1) is 0 Å². The van der Waals surface area contributed by atoms with E-state index in [1.54, 1.807) is 0 Å². The lowest BCUT2D eigenvalue weighted by Crippen LogP contribution is -2.17. The van der Waals surface area contributed by atoms with Crippen LogP contribution >= 0.6 is 0 Å². The highest BCUT2D eigenvalue weighted by atomic mass is 19.4. The largest absolute Gasteiger partial charge is 0.416 e. The van der Waals surface area contributed by atoms with E-state index in [2.05, 4.69) is 4.84 Å². The molecule has 0 saturated heterocycles. The van der Waals surface area contributed by atoms with E-state index in [1.807, 2.05) is 0 Å². The molecule has 1 aromatic rings. The lowest BCUT2D eigenvalue weighted by molar-refractivity contribution is -0.138. The summed E-state index contributed by atoms with van der Waals surface area (Å²) in [5, 5.41) is 0. The Morgan fingerprint density at radius 1 is 1.20 bits per heavy atom. The van der Waals surface area contributed by atoms with Crippen LogP contribution in [-0.2, 0) is 11.0 Å². The smallest absolute Gasteiger partial charge is 0.370 e. The van der Waals surface area contributed by atoms with Crippen molar-refractivity contribution in [2.45, 2.75) is 44.2 Å². The predicted molar refractivity (Wildman–Crippen MR) is 66.9 cm³/mol. The van der Waals surface area contributed by atoms with E-state index in [9.17, 15) is 18.0 Å². The van der Waals surface area contributed by atoms with Crippen LogP contribution in [0.15, 0.2) is 18.2 Å². The van der Waals surface area contributed by atoms with Crippen LogP contribution < -0.4 is 5.90 Å².